The number of aromatic nitrogens is 2. The van der Waals surface area contributed by atoms with Gasteiger partial charge in [-0.15, -0.1) is 0 Å². The molecule has 23 heavy (non-hydrogen) atoms. The van der Waals surface area contributed by atoms with Gasteiger partial charge in [0.25, 0.3) is 0 Å². The molecule has 0 saturated carbocycles. The van der Waals surface area contributed by atoms with Gasteiger partial charge in [0, 0.05) is 29.4 Å². The topological polar surface area (TPSA) is 52.7 Å². The molecule has 6 heteroatoms. The summed E-state index contributed by atoms with van der Waals surface area (Å²) in [5.41, 5.74) is 4.62. The first-order valence-electron chi connectivity index (χ1n) is 7.77. The summed E-state index contributed by atoms with van der Waals surface area (Å²) in [6, 6.07) is 8.41. The Kier molecular flexibility index (Phi) is 6.92. The van der Waals surface area contributed by atoms with Crippen LogP contribution in [-0.2, 0) is 5.75 Å². The minimum atomic E-state index is 0.546. The van der Waals surface area contributed by atoms with Crippen molar-refractivity contribution in [2.24, 2.45) is 0 Å². The number of hydrogen-bond donors (Lipinski definition) is 3. The Bertz CT molecular complexity index is 620. The van der Waals surface area contributed by atoms with Crippen LogP contribution in [0.2, 0.25) is 0 Å². The predicted octanol–water partition coefficient (Wildman–Crippen LogP) is 4.06. The summed E-state index contributed by atoms with van der Waals surface area (Å²) in [6.07, 6.45) is 1.74. The Morgan fingerprint density at radius 1 is 1.30 bits per heavy atom. The van der Waals surface area contributed by atoms with E-state index in [1.165, 1.54) is 5.56 Å². The van der Waals surface area contributed by atoms with E-state index in [0.717, 1.165) is 35.1 Å². The minimum Gasteiger partial charge on any atom is -0.362 e. The van der Waals surface area contributed by atoms with Crippen LogP contribution >= 0.6 is 24.0 Å². The average molecular weight is 349 g/mol. The van der Waals surface area contributed by atoms with Crippen molar-refractivity contribution in [3.8, 4) is 0 Å². The number of thioether (sulfide) groups is 1. The highest BCUT2D eigenvalue weighted by molar-refractivity contribution is 7.98. The Balaban J connectivity index is 1.64. The zero-order valence-corrected chi connectivity index (χ0v) is 15.5. The van der Waals surface area contributed by atoms with Gasteiger partial charge >= 0.3 is 0 Å². The minimum absolute atomic E-state index is 0.546. The summed E-state index contributed by atoms with van der Waals surface area (Å²) < 4.78 is 0. The first kappa shape index (κ1) is 17.8. The Morgan fingerprint density at radius 3 is 2.65 bits per heavy atom. The third-order valence-electron chi connectivity index (χ3n) is 3.54. The van der Waals surface area contributed by atoms with Gasteiger partial charge in [-0.1, -0.05) is 26.0 Å². The van der Waals surface area contributed by atoms with Crippen LogP contribution in [0.1, 0.15) is 36.7 Å². The van der Waals surface area contributed by atoms with E-state index in [1.807, 2.05) is 18.7 Å². The molecule has 0 bridgehead atoms. The van der Waals surface area contributed by atoms with Crippen LogP contribution in [0.5, 0.6) is 0 Å². The van der Waals surface area contributed by atoms with Crippen LogP contribution in [0.25, 0.3) is 0 Å². The molecule has 0 aliphatic heterocycles. The maximum absolute atomic E-state index is 5.32. The van der Waals surface area contributed by atoms with Crippen LogP contribution < -0.4 is 10.6 Å². The van der Waals surface area contributed by atoms with Crippen LogP contribution in [0, 0.1) is 6.92 Å². The molecule has 0 unspecified atom stereocenters. The number of thiocarbonyl (C=S) groups is 1. The Hall–Kier alpha value is -1.53. The lowest BCUT2D eigenvalue weighted by Gasteiger charge is -2.11. The van der Waals surface area contributed by atoms with Crippen molar-refractivity contribution in [1.82, 2.24) is 15.3 Å². The highest BCUT2D eigenvalue weighted by atomic mass is 32.2. The molecule has 0 saturated heterocycles. The SMILES string of the molecule is Cc1[nH]cnc1CSCCNC(=S)Nc1ccc(C(C)C)cc1. The molecule has 0 aliphatic carbocycles. The van der Waals surface area contributed by atoms with Gasteiger partial charge in [0.15, 0.2) is 5.11 Å². The van der Waals surface area contributed by atoms with E-state index >= 15 is 0 Å². The lowest BCUT2D eigenvalue weighted by molar-refractivity contribution is 0.867. The molecule has 2 rings (SSSR count). The van der Waals surface area contributed by atoms with Crippen molar-refractivity contribution in [2.45, 2.75) is 32.4 Å². The first-order valence-corrected chi connectivity index (χ1v) is 9.34. The van der Waals surface area contributed by atoms with Crippen molar-refractivity contribution >= 4 is 34.8 Å². The van der Waals surface area contributed by atoms with Gasteiger partial charge in [-0.3, -0.25) is 0 Å². The molecule has 1 aromatic heterocycles. The second kappa shape index (κ2) is 8.93. The number of benzene rings is 1. The lowest BCUT2D eigenvalue weighted by atomic mass is 10.0. The summed E-state index contributed by atoms with van der Waals surface area (Å²) in [5.74, 6) is 2.46. The van der Waals surface area contributed by atoms with Gasteiger partial charge in [0.1, 0.15) is 0 Å². The summed E-state index contributed by atoms with van der Waals surface area (Å²) in [6.45, 7) is 7.27. The molecule has 0 radical (unpaired) electrons. The van der Waals surface area contributed by atoms with Gasteiger partial charge in [-0.25, -0.2) is 4.98 Å². The molecule has 0 amide bonds. The second-order valence-corrected chi connectivity index (χ2v) is 7.20. The van der Waals surface area contributed by atoms with Crippen molar-refractivity contribution in [3.63, 3.8) is 0 Å². The molecule has 2 aromatic rings. The Labute approximate surface area is 147 Å². The normalized spacial score (nSPS) is 10.8. The number of hydrogen-bond acceptors (Lipinski definition) is 3. The zero-order valence-electron chi connectivity index (χ0n) is 13.8. The standard InChI is InChI=1S/C17H24N4S2/c1-12(2)14-4-6-15(7-5-14)21-17(22)18-8-9-23-10-16-13(3)19-11-20-16/h4-7,11-12H,8-10H2,1-3H3,(H,19,20)(H2,18,21,22). The van der Waals surface area contributed by atoms with Crippen molar-refractivity contribution in [2.75, 3.05) is 17.6 Å². The van der Waals surface area contributed by atoms with Gasteiger partial charge in [0.2, 0.25) is 0 Å². The molecule has 0 fully saturated rings. The predicted molar refractivity (Wildman–Crippen MR) is 104 cm³/mol. The fourth-order valence-electron chi connectivity index (χ4n) is 2.06. The number of rotatable bonds is 7. The number of aryl methyl sites for hydroxylation is 1. The average Bonchev–Trinajstić information content (AvgIpc) is 2.93. The van der Waals surface area contributed by atoms with Gasteiger partial charge < -0.3 is 15.6 Å². The molecule has 1 aromatic carbocycles. The fourth-order valence-corrected chi connectivity index (χ4v) is 3.16. The monoisotopic (exact) mass is 348 g/mol. The molecule has 3 N–H and O–H groups in total. The molecule has 4 nitrogen and oxygen atoms in total. The summed E-state index contributed by atoms with van der Waals surface area (Å²) in [5, 5.41) is 7.12. The lowest BCUT2D eigenvalue weighted by Crippen LogP contribution is -2.30. The number of nitrogens with one attached hydrogen (secondary N) is 3. The number of nitrogens with zero attached hydrogens (tertiary/aromatic N) is 1. The van der Waals surface area contributed by atoms with E-state index in [1.54, 1.807) is 6.33 Å². The van der Waals surface area contributed by atoms with E-state index in [2.05, 4.69) is 58.7 Å². The van der Waals surface area contributed by atoms with Gasteiger partial charge in [-0.2, -0.15) is 11.8 Å². The number of aromatic amines is 1. The second-order valence-electron chi connectivity index (χ2n) is 5.68. The summed E-state index contributed by atoms with van der Waals surface area (Å²) in [7, 11) is 0. The molecule has 0 aliphatic rings. The highest BCUT2D eigenvalue weighted by Gasteiger charge is 2.02. The Morgan fingerprint density at radius 2 is 2.04 bits per heavy atom. The maximum Gasteiger partial charge on any atom is 0.170 e. The van der Waals surface area contributed by atoms with Gasteiger partial charge in [-0.05, 0) is 42.8 Å². The number of anilines is 1. The van der Waals surface area contributed by atoms with Crippen molar-refractivity contribution < 1.29 is 0 Å². The van der Waals surface area contributed by atoms with E-state index in [-0.39, 0.29) is 0 Å². The van der Waals surface area contributed by atoms with Crippen molar-refractivity contribution in [1.29, 1.82) is 0 Å². The van der Waals surface area contributed by atoms with Crippen LogP contribution in [-0.4, -0.2) is 27.4 Å². The quantitative estimate of drug-likeness (QED) is 0.520. The van der Waals surface area contributed by atoms with Crippen LogP contribution in [0.3, 0.4) is 0 Å². The largest absolute Gasteiger partial charge is 0.362 e. The first-order chi connectivity index (χ1) is 11.1. The summed E-state index contributed by atoms with van der Waals surface area (Å²) in [4.78, 5) is 7.38. The smallest absolute Gasteiger partial charge is 0.170 e. The molecule has 0 atom stereocenters. The van der Waals surface area contributed by atoms with E-state index in [9.17, 15) is 0 Å². The number of H-pyrrole nitrogens is 1. The van der Waals surface area contributed by atoms with E-state index in [4.69, 9.17) is 12.2 Å². The van der Waals surface area contributed by atoms with E-state index < -0.39 is 0 Å². The maximum atomic E-state index is 5.32. The molecule has 1 heterocycles. The zero-order chi connectivity index (χ0) is 16.7. The third-order valence-corrected chi connectivity index (χ3v) is 4.76. The molecular weight excluding hydrogens is 324 g/mol. The van der Waals surface area contributed by atoms with Crippen molar-refractivity contribution in [3.05, 3.63) is 47.5 Å². The third kappa shape index (κ3) is 5.88. The fraction of sp³-hybridized carbons (Fsp3) is 0.412. The molecular formula is C17H24N4S2. The van der Waals surface area contributed by atoms with E-state index in [0.29, 0.717) is 11.0 Å². The van der Waals surface area contributed by atoms with Gasteiger partial charge in [0.05, 0.1) is 12.0 Å². The van der Waals surface area contributed by atoms with Crippen LogP contribution in [0.15, 0.2) is 30.6 Å². The van der Waals surface area contributed by atoms with Crippen LogP contribution in [0.4, 0.5) is 5.69 Å². The molecule has 124 valence electrons. The molecule has 0 spiro atoms. The number of imidazole rings is 1. The highest BCUT2D eigenvalue weighted by Crippen LogP contribution is 2.17. The summed E-state index contributed by atoms with van der Waals surface area (Å²) >= 11 is 7.17.